The van der Waals surface area contributed by atoms with Crippen LogP contribution in [0, 0.1) is 0 Å². The van der Waals surface area contributed by atoms with Crippen molar-refractivity contribution in [1.82, 2.24) is 0 Å². The van der Waals surface area contributed by atoms with Crippen LogP contribution in [0.3, 0.4) is 0 Å². The quantitative estimate of drug-likeness (QED) is 0.206. The van der Waals surface area contributed by atoms with Crippen molar-refractivity contribution >= 4 is 7.82 Å². The second-order valence-electron chi connectivity index (χ2n) is 8.46. The summed E-state index contributed by atoms with van der Waals surface area (Å²) in [7, 11) is -4.24. The summed E-state index contributed by atoms with van der Waals surface area (Å²) in [6, 6.07) is 14.4. The lowest BCUT2D eigenvalue weighted by Gasteiger charge is -2.27. The standard InChI is InChI=1S/C15H16O2.C10H23O4P/c1-15(2,11-7-3-5-9-13(11)16)12-8-4-6-10-14(12)17;1-2-3-4-5-6-7-8-9-10-14-15(11,12)13/h3-10,16-17H,1-2H3;2-10H2,1H3,(H2,11,12,13). The molecule has 2 aromatic rings. The zero-order chi connectivity index (χ0) is 24.0. The van der Waals surface area contributed by atoms with Crippen LogP contribution < -0.4 is 0 Å². The molecule has 0 bridgehead atoms. The number of aromatic hydroxyl groups is 2. The lowest BCUT2D eigenvalue weighted by atomic mass is 9.77. The summed E-state index contributed by atoms with van der Waals surface area (Å²) in [6.45, 7) is 6.33. The SMILES string of the molecule is CC(C)(c1ccccc1O)c1ccccc1O.CCCCCCCCCCOP(=O)(O)O. The summed E-state index contributed by atoms with van der Waals surface area (Å²) in [5, 5.41) is 19.8. The lowest BCUT2D eigenvalue weighted by molar-refractivity contribution is 0.193. The number of rotatable bonds is 12. The van der Waals surface area contributed by atoms with E-state index in [0.29, 0.717) is 0 Å². The molecule has 0 fully saturated rings. The van der Waals surface area contributed by atoms with Crippen LogP contribution in [0.25, 0.3) is 0 Å². The average molecular weight is 467 g/mol. The molecule has 7 heteroatoms. The molecule has 0 spiro atoms. The largest absolute Gasteiger partial charge is 0.508 e. The Kier molecular flexibility index (Phi) is 12.6. The third kappa shape index (κ3) is 10.6. The van der Waals surface area contributed by atoms with Gasteiger partial charge in [0.05, 0.1) is 6.61 Å². The summed E-state index contributed by atoms with van der Waals surface area (Å²) < 4.78 is 14.7. The van der Waals surface area contributed by atoms with E-state index in [1.54, 1.807) is 24.3 Å². The van der Waals surface area contributed by atoms with Gasteiger partial charge in [0.25, 0.3) is 0 Å². The van der Waals surface area contributed by atoms with Gasteiger partial charge in [-0.3, -0.25) is 4.52 Å². The van der Waals surface area contributed by atoms with E-state index >= 15 is 0 Å². The van der Waals surface area contributed by atoms with Crippen molar-refractivity contribution in [3.63, 3.8) is 0 Å². The van der Waals surface area contributed by atoms with Gasteiger partial charge in [-0.25, -0.2) is 4.57 Å². The Morgan fingerprint density at radius 2 is 1.16 bits per heavy atom. The molecule has 0 aliphatic rings. The Balaban J connectivity index is 0.000000324. The van der Waals surface area contributed by atoms with Crippen molar-refractivity contribution in [1.29, 1.82) is 0 Å². The maximum atomic E-state index is 10.3. The predicted octanol–water partition coefficient (Wildman–Crippen LogP) is 6.66. The number of phenolic OH excluding ortho intramolecular Hbond substituents is 2. The summed E-state index contributed by atoms with van der Waals surface area (Å²) in [4.78, 5) is 16.8. The first-order valence-electron chi connectivity index (χ1n) is 11.4. The zero-order valence-corrected chi connectivity index (χ0v) is 20.4. The summed E-state index contributed by atoms with van der Waals surface area (Å²) in [6.07, 6.45) is 9.22. The molecule has 4 N–H and O–H groups in total. The van der Waals surface area contributed by atoms with Crippen LogP contribution in [0.4, 0.5) is 0 Å². The van der Waals surface area contributed by atoms with Gasteiger partial charge in [0.15, 0.2) is 0 Å². The molecule has 0 amide bonds. The molecule has 0 heterocycles. The Labute approximate surface area is 192 Å². The smallest absolute Gasteiger partial charge is 0.469 e. The number of phosphoric ester groups is 1. The molecule has 0 saturated carbocycles. The molecule has 2 rings (SSSR count). The fourth-order valence-electron chi connectivity index (χ4n) is 3.57. The summed E-state index contributed by atoms with van der Waals surface area (Å²) in [5.41, 5.74) is 1.18. The van der Waals surface area contributed by atoms with Crippen LogP contribution in [0.1, 0.15) is 83.3 Å². The van der Waals surface area contributed by atoms with Gasteiger partial charge in [-0.1, -0.05) is 102 Å². The molecule has 0 radical (unpaired) electrons. The van der Waals surface area contributed by atoms with E-state index in [0.717, 1.165) is 30.4 Å². The predicted molar refractivity (Wildman–Crippen MR) is 129 cm³/mol. The zero-order valence-electron chi connectivity index (χ0n) is 19.5. The van der Waals surface area contributed by atoms with Crippen LogP contribution in [-0.4, -0.2) is 26.6 Å². The molecule has 180 valence electrons. The van der Waals surface area contributed by atoms with E-state index < -0.39 is 13.2 Å². The number of unbranched alkanes of at least 4 members (excludes halogenated alkanes) is 7. The van der Waals surface area contributed by atoms with Gasteiger partial charge in [0.2, 0.25) is 0 Å². The van der Waals surface area contributed by atoms with Gasteiger partial charge >= 0.3 is 7.82 Å². The van der Waals surface area contributed by atoms with Crippen molar-refractivity contribution < 1.29 is 29.1 Å². The average Bonchev–Trinajstić information content (AvgIpc) is 2.72. The minimum atomic E-state index is -4.24. The fourth-order valence-corrected chi connectivity index (χ4v) is 3.94. The Hall–Kier alpha value is -1.85. The first-order valence-corrected chi connectivity index (χ1v) is 12.9. The highest BCUT2D eigenvalue weighted by Crippen LogP contribution is 2.40. The Morgan fingerprint density at radius 3 is 1.56 bits per heavy atom. The van der Waals surface area contributed by atoms with Crippen molar-refractivity contribution in [3.8, 4) is 11.5 Å². The highest BCUT2D eigenvalue weighted by Gasteiger charge is 2.28. The third-order valence-corrected chi connectivity index (χ3v) is 5.93. The number of hydrogen-bond donors (Lipinski definition) is 4. The summed E-state index contributed by atoms with van der Waals surface area (Å²) in [5.74, 6) is 0.501. The highest BCUT2D eigenvalue weighted by atomic mass is 31.2. The van der Waals surface area contributed by atoms with Crippen LogP contribution in [-0.2, 0) is 14.5 Å². The van der Waals surface area contributed by atoms with Crippen LogP contribution in [0.5, 0.6) is 11.5 Å². The number of phosphoric acid groups is 1. The third-order valence-electron chi connectivity index (χ3n) is 5.41. The lowest BCUT2D eigenvalue weighted by Crippen LogP contribution is -2.19. The molecule has 32 heavy (non-hydrogen) atoms. The van der Waals surface area contributed by atoms with Gasteiger partial charge in [-0.15, -0.1) is 0 Å². The van der Waals surface area contributed by atoms with E-state index in [1.165, 1.54) is 32.1 Å². The molecule has 0 aliphatic heterocycles. The number of benzene rings is 2. The molecule has 0 atom stereocenters. The van der Waals surface area contributed by atoms with Crippen LogP contribution in [0.2, 0.25) is 0 Å². The molecule has 2 aromatic carbocycles. The van der Waals surface area contributed by atoms with Crippen LogP contribution >= 0.6 is 7.82 Å². The van der Waals surface area contributed by atoms with Gasteiger partial charge in [0.1, 0.15) is 11.5 Å². The van der Waals surface area contributed by atoms with Gasteiger partial charge in [-0.2, -0.15) is 0 Å². The Morgan fingerprint density at radius 1 is 0.750 bits per heavy atom. The topological polar surface area (TPSA) is 107 Å². The van der Waals surface area contributed by atoms with Crippen molar-refractivity contribution in [3.05, 3.63) is 59.7 Å². The van der Waals surface area contributed by atoms with Crippen molar-refractivity contribution in [2.24, 2.45) is 0 Å². The minimum Gasteiger partial charge on any atom is -0.508 e. The fraction of sp³-hybridized carbons (Fsp3) is 0.520. The number of para-hydroxylation sites is 2. The maximum absolute atomic E-state index is 10.3. The van der Waals surface area contributed by atoms with E-state index in [1.807, 2.05) is 38.1 Å². The van der Waals surface area contributed by atoms with E-state index in [9.17, 15) is 14.8 Å². The van der Waals surface area contributed by atoms with E-state index in [4.69, 9.17) is 9.79 Å². The first-order chi connectivity index (χ1) is 15.1. The first kappa shape index (κ1) is 28.2. The minimum absolute atomic E-state index is 0.166. The monoisotopic (exact) mass is 466 g/mol. The molecule has 0 aliphatic carbocycles. The van der Waals surface area contributed by atoms with Gasteiger partial charge < -0.3 is 20.0 Å². The molecule has 0 unspecified atom stereocenters. The summed E-state index contributed by atoms with van der Waals surface area (Å²) >= 11 is 0. The second-order valence-corrected chi connectivity index (χ2v) is 9.70. The number of phenols is 2. The van der Waals surface area contributed by atoms with Crippen molar-refractivity contribution in [2.75, 3.05) is 6.61 Å². The van der Waals surface area contributed by atoms with Crippen molar-refractivity contribution in [2.45, 2.75) is 77.6 Å². The molecule has 0 aromatic heterocycles. The molecular formula is C25H39O6P. The van der Waals surface area contributed by atoms with Gasteiger partial charge in [-0.05, 0) is 18.6 Å². The van der Waals surface area contributed by atoms with Gasteiger partial charge in [0, 0.05) is 16.5 Å². The normalized spacial score (nSPS) is 11.7. The van der Waals surface area contributed by atoms with E-state index in [-0.39, 0.29) is 18.1 Å². The highest BCUT2D eigenvalue weighted by molar-refractivity contribution is 7.46. The second kappa shape index (κ2) is 14.3. The maximum Gasteiger partial charge on any atom is 0.469 e. The number of hydrogen-bond acceptors (Lipinski definition) is 4. The molecule has 6 nitrogen and oxygen atoms in total. The van der Waals surface area contributed by atoms with E-state index in [2.05, 4.69) is 11.4 Å². The molecule has 0 saturated heterocycles. The Bertz CT molecular complexity index is 783. The molecular weight excluding hydrogens is 427 g/mol. The van der Waals surface area contributed by atoms with Crippen LogP contribution in [0.15, 0.2) is 48.5 Å².